The first-order valence-electron chi connectivity index (χ1n) is 3.72. The minimum Gasteiger partial charge on any atom is -0.351 e. The average molecular weight is 166 g/mol. The van der Waals surface area contributed by atoms with E-state index < -0.39 is 0 Å². The first kappa shape index (κ1) is 7.15. The Morgan fingerprint density at radius 1 is 1.67 bits per heavy atom. The van der Waals surface area contributed by atoms with E-state index >= 15 is 0 Å². The van der Waals surface area contributed by atoms with Gasteiger partial charge in [0, 0.05) is 12.6 Å². The van der Waals surface area contributed by atoms with Crippen molar-refractivity contribution in [2.24, 2.45) is 12.8 Å². The molecule has 64 valence electrons. The van der Waals surface area contributed by atoms with Crippen LogP contribution in [-0.4, -0.2) is 20.7 Å². The van der Waals surface area contributed by atoms with Gasteiger partial charge in [0.1, 0.15) is 0 Å². The summed E-state index contributed by atoms with van der Waals surface area (Å²) in [5.41, 5.74) is 7.32. The average Bonchev–Trinajstić information content (AvgIpc) is 2.53. The molecule has 0 saturated carbocycles. The summed E-state index contributed by atoms with van der Waals surface area (Å²) in [6, 6.07) is -0.369. The molecule has 0 fully saturated rings. The highest BCUT2D eigenvalue weighted by Gasteiger charge is 2.24. The quantitative estimate of drug-likeness (QED) is 0.580. The lowest BCUT2D eigenvalue weighted by Crippen LogP contribution is -2.31. The molecule has 2 rings (SSSR count). The molecule has 0 unspecified atom stereocenters. The summed E-state index contributed by atoms with van der Waals surface area (Å²) in [7, 11) is 1.86. The molecule has 5 heteroatoms. The van der Waals surface area contributed by atoms with Gasteiger partial charge in [-0.2, -0.15) is 5.10 Å². The highest BCUT2D eigenvalue weighted by molar-refractivity contribution is 5.72. The normalized spacial score (nSPS) is 14.9. The highest BCUT2D eigenvalue weighted by Crippen LogP contribution is 2.20. The summed E-state index contributed by atoms with van der Waals surface area (Å²) in [6.45, 7) is 1.18. The van der Waals surface area contributed by atoms with E-state index in [0.717, 1.165) is 11.3 Å². The van der Waals surface area contributed by atoms with Gasteiger partial charge >= 0.3 is 6.03 Å². The van der Waals surface area contributed by atoms with Gasteiger partial charge in [-0.05, 0) is 0 Å². The van der Waals surface area contributed by atoms with E-state index in [1.807, 2.05) is 7.05 Å². The minimum atomic E-state index is -0.369. The lowest BCUT2D eigenvalue weighted by Gasteiger charge is -2.11. The Balaban J connectivity index is 2.28. The molecule has 0 aromatic carbocycles. The minimum absolute atomic E-state index is 0.369. The number of nitrogens with zero attached hydrogens (tertiary/aromatic N) is 3. The number of primary amides is 1. The van der Waals surface area contributed by atoms with E-state index in [2.05, 4.69) is 5.10 Å². The molecule has 2 heterocycles. The number of nitrogens with two attached hydrogens (primary N) is 1. The van der Waals surface area contributed by atoms with Crippen LogP contribution in [0, 0.1) is 0 Å². The molecule has 1 aliphatic heterocycles. The highest BCUT2D eigenvalue weighted by atomic mass is 16.2. The van der Waals surface area contributed by atoms with Crippen molar-refractivity contribution in [2.45, 2.75) is 13.1 Å². The second kappa shape index (κ2) is 2.23. The Bertz CT molecular complexity index is 330. The number of urea groups is 1. The van der Waals surface area contributed by atoms with Gasteiger partial charge in [-0.15, -0.1) is 0 Å². The third-order valence-corrected chi connectivity index (χ3v) is 2.16. The molecule has 0 spiro atoms. The fourth-order valence-corrected chi connectivity index (χ4v) is 1.44. The van der Waals surface area contributed by atoms with Crippen LogP contribution in [-0.2, 0) is 20.1 Å². The molecule has 1 aromatic rings. The van der Waals surface area contributed by atoms with Crippen LogP contribution in [0.25, 0.3) is 0 Å². The number of carbonyl (C=O) groups is 1. The number of rotatable bonds is 0. The van der Waals surface area contributed by atoms with E-state index in [9.17, 15) is 4.79 Å². The molecule has 1 aliphatic rings. The Kier molecular flexibility index (Phi) is 1.33. The second-order valence-corrected chi connectivity index (χ2v) is 2.93. The van der Waals surface area contributed by atoms with Crippen molar-refractivity contribution in [1.29, 1.82) is 0 Å². The monoisotopic (exact) mass is 166 g/mol. The Hall–Kier alpha value is -1.52. The number of hydrogen-bond acceptors (Lipinski definition) is 2. The third kappa shape index (κ3) is 0.861. The third-order valence-electron chi connectivity index (χ3n) is 2.16. The van der Waals surface area contributed by atoms with Crippen LogP contribution >= 0.6 is 0 Å². The standard InChI is InChI=1S/C7H10N4O/c1-10-6-4-11(7(8)12)3-5(6)2-9-10/h2H,3-4H2,1H3,(H2,8,12). The maximum atomic E-state index is 10.8. The van der Waals surface area contributed by atoms with Crippen molar-refractivity contribution in [3.63, 3.8) is 0 Å². The van der Waals surface area contributed by atoms with Crippen LogP contribution < -0.4 is 5.73 Å². The van der Waals surface area contributed by atoms with Gasteiger partial charge in [-0.25, -0.2) is 4.79 Å². The van der Waals surface area contributed by atoms with Crippen molar-refractivity contribution >= 4 is 6.03 Å². The molecule has 2 amide bonds. The van der Waals surface area contributed by atoms with E-state index in [4.69, 9.17) is 5.73 Å². The first-order chi connectivity index (χ1) is 5.68. The number of carbonyl (C=O) groups excluding carboxylic acids is 1. The summed E-state index contributed by atoms with van der Waals surface area (Å²) in [6.07, 6.45) is 1.78. The maximum Gasteiger partial charge on any atom is 0.315 e. The summed E-state index contributed by atoms with van der Waals surface area (Å²) in [5.74, 6) is 0. The molecule has 0 saturated heterocycles. The summed E-state index contributed by atoms with van der Waals surface area (Å²) >= 11 is 0. The van der Waals surface area contributed by atoms with Crippen molar-refractivity contribution in [2.75, 3.05) is 0 Å². The lowest BCUT2D eigenvalue weighted by atomic mass is 10.3. The molecule has 0 atom stereocenters. The predicted molar refractivity (Wildman–Crippen MR) is 42.0 cm³/mol. The molecular formula is C7H10N4O. The summed E-state index contributed by atoms with van der Waals surface area (Å²) in [5, 5.41) is 4.07. The molecule has 0 bridgehead atoms. The zero-order chi connectivity index (χ0) is 8.72. The molecule has 5 nitrogen and oxygen atoms in total. The van der Waals surface area contributed by atoms with Crippen LogP contribution in [0.15, 0.2) is 6.20 Å². The number of hydrogen-bond donors (Lipinski definition) is 1. The van der Waals surface area contributed by atoms with Crippen molar-refractivity contribution in [1.82, 2.24) is 14.7 Å². The number of aromatic nitrogens is 2. The lowest BCUT2D eigenvalue weighted by molar-refractivity contribution is 0.207. The van der Waals surface area contributed by atoms with Gasteiger partial charge in [-0.3, -0.25) is 4.68 Å². The van der Waals surface area contributed by atoms with Crippen molar-refractivity contribution in [3.8, 4) is 0 Å². The molecule has 12 heavy (non-hydrogen) atoms. The number of aryl methyl sites for hydroxylation is 1. The topological polar surface area (TPSA) is 64.2 Å². The predicted octanol–water partition coefficient (Wildman–Crippen LogP) is -0.186. The van der Waals surface area contributed by atoms with Gasteiger partial charge in [0.15, 0.2) is 0 Å². The number of fused-ring (bicyclic) bond motifs is 1. The Morgan fingerprint density at radius 2 is 2.42 bits per heavy atom. The van der Waals surface area contributed by atoms with Crippen LogP contribution in [0.5, 0.6) is 0 Å². The zero-order valence-electron chi connectivity index (χ0n) is 6.82. The molecule has 1 aromatic heterocycles. The van der Waals surface area contributed by atoms with E-state index in [1.54, 1.807) is 15.8 Å². The fourth-order valence-electron chi connectivity index (χ4n) is 1.44. The molecule has 0 aliphatic carbocycles. The fraction of sp³-hybridized carbons (Fsp3) is 0.429. The van der Waals surface area contributed by atoms with Crippen LogP contribution in [0.2, 0.25) is 0 Å². The molecule has 2 N–H and O–H groups in total. The van der Waals surface area contributed by atoms with E-state index in [0.29, 0.717) is 13.1 Å². The number of amides is 2. The summed E-state index contributed by atoms with van der Waals surface area (Å²) in [4.78, 5) is 12.4. The summed E-state index contributed by atoms with van der Waals surface area (Å²) < 4.78 is 1.78. The maximum absolute atomic E-state index is 10.8. The van der Waals surface area contributed by atoms with Crippen molar-refractivity contribution in [3.05, 3.63) is 17.5 Å². The largest absolute Gasteiger partial charge is 0.351 e. The van der Waals surface area contributed by atoms with Crippen LogP contribution in [0.4, 0.5) is 4.79 Å². The van der Waals surface area contributed by atoms with Crippen LogP contribution in [0.3, 0.4) is 0 Å². The molecular weight excluding hydrogens is 156 g/mol. The van der Waals surface area contributed by atoms with Crippen LogP contribution in [0.1, 0.15) is 11.3 Å². The first-order valence-corrected chi connectivity index (χ1v) is 3.72. The van der Waals surface area contributed by atoms with E-state index in [1.165, 1.54) is 0 Å². The second-order valence-electron chi connectivity index (χ2n) is 2.93. The Labute approximate surface area is 69.8 Å². The Morgan fingerprint density at radius 3 is 3.00 bits per heavy atom. The van der Waals surface area contributed by atoms with Gasteiger partial charge < -0.3 is 10.6 Å². The van der Waals surface area contributed by atoms with Crippen molar-refractivity contribution < 1.29 is 4.79 Å². The van der Waals surface area contributed by atoms with Gasteiger partial charge in [0.05, 0.1) is 25.0 Å². The van der Waals surface area contributed by atoms with Gasteiger partial charge in [0.2, 0.25) is 0 Å². The molecule has 0 radical (unpaired) electrons. The van der Waals surface area contributed by atoms with E-state index in [-0.39, 0.29) is 6.03 Å². The smallest absolute Gasteiger partial charge is 0.315 e. The van der Waals surface area contributed by atoms with Gasteiger partial charge in [-0.1, -0.05) is 0 Å². The zero-order valence-corrected chi connectivity index (χ0v) is 6.82. The van der Waals surface area contributed by atoms with Gasteiger partial charge in [0.25, 0.3) is 0 Å². The SMILES string of the molecule is Cn1ncc2c1CN(C(N)=O)C2.